The molecule has 0 saturated heterocycles. The van der Waals surface area contributed by atoms with Crippen LogP contribution < -0.4 is 0 Å². The van der Waals surface area contributed by atoms with Crippen molar-refractivity contribution >= 4 is 43.6 Å². The van der Waals surface area contributed by atoms with Gasteiger partial charge in [0.25, 0.3) is 0 Å². The number of hydrogen-bond donors (Lipinski definition) is 0. The number of aromatic nitrogens is 4. The van der Waals surface area contributed by atoms with E-state index in [1.54, 1.807) is 0 Å². The topological polar surface area (TPSA) is 83.2 Å². The van der Waals surface area contributed by atoms with Crippen molar-refractivity contribution in [2.45, 2.75) is 0 Å². The van der Waals surface area contributed by atoms with Crippen LogP contribution in [-0.2, 0) is 0 Å². The maximum Gasteiger partial charge on any atom is 0.159 e. The lowest BCUT2D eigenvalue weighted by molar-refractivity contribution is 1.14. The molecule has 194 valence electrons. The van der Waals surface area contributed by atoms with Gasteiger partial charge >= 0.3 is 0 Å². The summed E-state index contributed by atoms with van der Waals surface area (Å²) in [7, 11) is 0. The fourth-order valence-electron chi connectivity index (χ4n) is 6.11. The van der Waals surface area contributed by atoms with E-state index in [4.69, 9.17) is 5.26 Å². The van der Waals surface area contributed by atoms with Crippen molar-refractivity contribution in [3.63, 3.8) is 0 Å². The maximum atomic E-state index is 10.4. The van der Waals surface area contributed by atoms with E-state index in [0.29, 0.717) is 22.5 Å². The van der Waals surface area contributed by atoms with Crippen molar-refractivity contribution in [1.82, 2.24) is 19.1 Å². The van der Waals surface area contributed by atoms with Crippen molar-refractivity contribution in [3.05, 3.63) is 133 Å². The highest BCUT2D eigenvalue weighted by atomic mass is 15.0. The second kappa shape index (κ2) is 9.16. The fraction of sp³-hybridized carbons (Fsp3) is 0. The quantitative estimate of drug-likeness (QED) is 0.228. The van der Waals surface area contributed by atoms with E-state index in [1.807, 2.05) is 36.4 Å². The average molecular weight is 537 g/mol. The molecule has 0 aliphatic rings. The smallest absolute Gasteiger partial charge is 0.159 e. The monoisotopic (exact) mass is 536 g/mol. The summed E-state index contributed by atoms with van der Waals surface area (Å²) in [6.45, 7) is 0. The van der Waals surface area contributed by atoms with E-state index < -0.39 is 0 Å². The van der Waals surface area contributed by atoms with Crippen molar-refractivity contribution in [2.24, 2.45) is 0 Å². The molecule has 42 heavy (non-hydrogen) atoms. The van der Waals surface area contributed by atoms with Crippen LogP contribution in [0.2, 0.25) is 0 Å². The Morgan fingerprint density at radius 3 is 2.00 bits per heavy atom. The lowest BCUT2D eigenvalue weighted by atomic mass is 10.1. The summed E-state index contributed by atoms with van der Waals surface area (Å²) >= 11 is 0. The third-order valence-electron chi connectivity index (χ3n) is 7.88. The lowest BCUT2D eigenvalue weighted by Crippen LogP contribution is -1.99. The average Bonchev–Trinajstić information content (AvgIpc) is 3.58. The molecule has 6 nitrogen and oxygen atoms in total. The molecule has 0 unspecified atom stereocenters. The fourth-order valence-corrected chi connectivity index (χ4v) is 6.11. The Labute approximate surface area is 240 Å². The van der Waals surface area contributed by atoms with Gasteiger partial charge in [0.2, 0.25) is 0 Å². The third kappa shape index (κ3) is 3.37. The first kappa shape index (κ1) is 23.6. The first-order valence-electron chi connectivity index (χ1n) is 13.5. The van der Waals surface area contributed by atoms with Crippen LogP contribution in [0.25, 0.3) is 66.4 Å². The van der Waals surface area contributed by atoms with Crippen molar-refractivity contribution in [3.8, 4) is 34.9 Å². The zero-order chi connectivity index (χ0) is 28.2. The highest BCUT2D eigenvalue weighted by Crippen LogP contribution is 2.42. The molecule has 0 bridgehead atoms. The zero-order valence-corrected chi connectivity index (χ0v) is 22.2. The summed E-state index contributed by atoms with van der Waals surface area (Å²) in [5.41, 5.74) is 7.78. The second-order valence-electron chi connectivity index (χ2n) is 10.1. The third-order valence-corrected chi connectivity index (χ3v) is 7.88. The second-order valence-corrected chi connectivity index (χ2v) is 10.1. The number of para-hydroxylation sites is 3. The molecule has 3 heterocycles. The van der Waals surface area contributed by atoms with Gasteiger partial charge in [-0.05, 0) is 48.5 Å². The van der Waals surface area contributed by atoms with Gasteiger partial charge in [-0.25, -0.2) is 9.97 Å². The van der Waals surface area contributed by atoms with Crippen LogP contribution in [0.4, 0.5) is 0 Å². The van der Waals surface area contributed by atoms with Crippen molar-refractivity contribution < 1.29 is 0 Å². The molecule has 0 spiro atoms. The molecule has 0 saturated carbocycles. The van der Waals surface area contributed by atoms with Crippen LogP contribution in [0.5, 0.6) is 0 Å². The molecule has 0 aliphatic heterocycles. The zero-order valence-electron chi connectivity index (χ0n) is 22.2. The standard InChI is InChI=1S/C36H20N6/c37-19-23-21-39-36(40-22-23)24-14-16-30(25(18-24)20-38)42-31-12-6-4-10-27(31)28-15-17-33-34(35(28)42)29-11-5-7-13-32(29)41(33)26-8-2-1-3-9-26/h1-18,21-22H. The number of hydrogen-bond acceptors (Lipinski definition) is 4. The summed E-state index contributed by atoms with van der Waals surface area (Å²) in [6, 6.07) is 41.8. The summed E-state index contributed by atoms with van der Waals surface area (Å²) in [5, 5.41) is 24.0. The minimum Gasteiger partial charge on any atom is -0.309 e. The first-order chi connectivity index (χ1) is 20.8. The van der Waals surface area contributed by atoms with Gasteiger partial charge in [0, 0.05) is 45.2 Å². The van der Waals surface area contributed by atoms with Gasteiger partial charge in [-0.15, -0.1) is 0 Å². The Balaban J connectivity index is 1.49. The number of fused-ring (bicyclic) bond motifs is 7. The molecular formula is C36H20N6. The van der Waals surface area contributed by atoms with E-state index in [-0.39, 0.29) is 0 Å². The summed E-state index contributed by atoms with van der Waals surface area (Å²) in [5.74, 6) is 0.465. The van der Waals surface area contributed by atoms with Crippen LogP contribution in [-0.4, -0.2) is 19.1 Å². The van der Waals surface area contributed by atoms with Crippen LogP contribution in [0.3, 0.4) is 0 Å². The van der Waals surface area contributed by atoms with Crippen LogP contribution >= 0.6 is 0 Å². The van der Waals surface area contributed by atoms with Gasteiger partial charge in [0.15, 0.2) is 5.82 Å². The van der Waals surface area contributed by atoms with E-state index in [1.165, 1.54) is 12.4 Å². The van der Waals surface area contributed by atoms with Gasteiger partial charge in [0.1, 0.15) is 12.1 Å². The molecule has 6 heteroatoms. The Hall–Kier alpha value is -6.24. The van der Waals surface area contributed by atoms with Gasteiger partial charge in [0.05, 0.1) is 38.9 Å². The van der Waals surface area contributed by atoms with Gasteiger partial charge in [-0.2, -0.15) is 10.5 Å². The lowest BCUT2D eigenvalue weighted by Gasteiger charge is -2.12. The van der Waals surface area contributed by atoms with Gasteiger partial charge < -0.3 is 9.13 Å². The molecule has 8 rings (SSSR count). The highest BCUT2D eigenvalue weighted by Gasteiger charge is 2.22. The van der Waals surface area contributed by atoms with Gasteiger partial charge in [-0.3, -0.25) is 0 Å². The van der Waals surface area contributed by atoms with Crippen LogP contribution in [0.15, 0.2) is 122 Å². The summed E-state index contributed by atoms with van der Waals surface area (Å²) < 4.78 is 4.53. The van der Waals surface area contributed by atoms with Crippen LogP contribution in [0.1, 0.15) is 11.1 Å². The molecule has 0 aliphatic carbocycles. The number of rotatable bonds is 3. The summed E-state index contributed by atoms with van der Waals surface area (Å²) in [4.78, 5) is 8.68. The largest absolute Gasteiger partial charge is 0.309 e. The molecule has 0 atom stereocenters. The Morgan fingerprint density at radius 1 is 0.571 bits per heavy atom. The van der Waals surface area contributed by atoms with Crippen molar-refractivity contribution in [2.75, 3.05) is 0 Å². The molecule has 8 aromatic rings. The van der Waals surface area contributed by atoms with E-state index in [9.17, 15) is 5.26 Å². The molecule has 0 radical (unpaired) electrons. The van der Waals surface area contributed by atoms with E-state index in [2.05, 4.69) is 104 Å². The minimum atomic E-state index is 0.389. The molecule has 0 amide bonds. The SMILES string of the molecule is N#Cc1cnc(-c2ccc(-n3c4ccccc4c4ccc5c(c6ccccc6n5-c5ccccc5)c43)c(C#N)c2)nc1. The molecular weight excluding hydrogens is 516 g/mol. The number of nitrogens with zero attached hydrogens (tertiary/aromatic N) is 6. The first-order valence-corrected chi connectivity index (χ1v) is 13.5. The minimum absolute atomic E-state index is 0.389. The molecule has 3 aromatic heterocycles. The molecule has 5 aromatic carbocycles. The normalized spacial score (nSPS) is 11.3. The number of benzene rings is 5. The Morgan fingerprint density at radius 2 is 1.26 bits per heavy atom. The van der Waals surface area contributed by atoms with Gasteiger partial charge in [-0.1, -0.05) is 60.7 Å². The van der Waals surface area contributed by atoms with E-state index >= 15 is 0 Å². The molecule has 0 fully saturated rings. The van der Waals surface area contributed by atoms with Crippen molar-refractivity contribution in [1.29, 1.82) is 10.5 Å². The summed E-state index contributed by atoms with van der Waals surface area (Å²) in [6.07, 6.45) is 2.99. The molecule has 0 N–H and O–H groups in total. The predicted octanol–water partition coefficient (Wildman–Crippen LogP) is 8.08. The number of nitriles is 2. The van der Waals surface area contributed by atoms with Crippen LogP contribution in [0, 0.1) is 22.7 Å². The Kier molecular flexibility index (Phi) is 5.15. The van der Waals surface area contributed by atoms with E-state index in [0.717, 1.165) is 55.0 Å². The highest BCUT2D eigenvalue weighted by molar-refractivity contribution is 6.26. The Bertz CT molecular complexity index is 2420. The maximum absolute atomic E-state index is 10.4. The predicted molar refractivity (Wildman–Crippen MR) is 166 cm³/mol.